The fourth-order valence-corrected chi connectivity index (χ4v) is 2.51. The Balaban J connectivity index is 2.34. The molecule has 2 rings (SSSR count). The van der Waals surface area contributed by atoms with E-state index in [1.54, 1.807) is 5.01 Å². The van der Waals surface area contributed by atoms with Gasteiger partial charge in [0.05, 0.1) is 11.4 Å². The summed E-state index contributed by atoms with van der Waals surface area (Å²) in [5.74, 6) is 6.08. The van der Waals surface area contributed by atoms with E-state index in [2.05, 4.69) is 24.0 Å². The molecule has 0 bridgehead atoms. The second-order valence-corrected chi connectivity index (χ2v) is 5.94. The molecule has 5 nitrogen and oxygen atoms in total. The highest BCUT2D eigenvalue weighted by molar-refractivity contribution is 6.12. The van der Waals surface area contributed by atoms with Crippen LogP contribution in [0.1, 0.15) is 37.2 Å². The Morgan fingerprint density at radius 2 is 1.88 bits per heavy atom. The molecular weight excluding hydrogens is 312 g/mol. The molecular formula is C20H26N4O. The second kappa shape index (κ2) is 8.99. The van der Waals surface area contributed by atoms with E-state index in [0.29, 0.717) is 6.61 Å². The van der Waals surface area contributed by atoms with Crippen molar-refractivity contribution in [2.75, 3.05) is 7.05 Å². The highest BCUT2D eigenvalue weighted by Crippen LogP contribution is 2.17. The number of rotatable bonds is 7. The van der Waals surface area contributed by atoms with Crippen LogP contribution >= 0.6 is 0 Å². The van der Waals surface area contributed by atoms with E-state index in [9.17, 15) is 0 Å². The first-order valence-corrected chi connectivity index (χ1v) is 8.39. The largest absolute Gasteiger partial charge is 0.389 e. The Labute approximate surface area is 149 Å². The molecule has 1 aromatic carbocycles. The average molecular weight is 338 g/mol. The van der Waals surface area contributed by atoms with Crippen molar-refractivity contribution in [2.45, 2.75) is 33.8 Å². The molecule has 1 heterocycles. The fourth-order valence-electron chi connectivity index (χ4n) is 2.51. The quantitative estimate of drug-likeness (QED) is 0.474. The molecule has 0 radical (unpaired) electrons. The minimum absolute atomic E-state index is 0.310. The van der Waals surface area contributed by atoms with Gasteiger partial charge in [0, 0.05) is 18.3 Å². The smallest absolute Gasteiger partial charge is 0.159 e. The third kappa shape index (κ3) is 5.16. The summed E-state index contributed by atoms with van der Waals surface area (Å²) in [6.07, 6.45) is 0.877. The fraction of sp³-hybridized carbons (Fsp3) is 0.300. The molecule has 5 heteroatoms. The third-order valence-electron chi connectivity index (χ3n) is 3.87. The second-order valence-electron chi connectivity index (χ2n) is 5.94. The van der Waals surface area contributed by atoms with Crippen molar-refractivity contribution >= 4 is 5.71 Å². The zero-order valence-corrected chi connectivity index (χ0v) is 15.4. The minimum atomic E-state index is 0.310. The molecule has 25 heavy (non-hydrogen) atoms. The lowest BCUT2D eigenvalue weighted by molar-refractivity contribution is 0.127. The number of benzene rings is 1. The number of allylic oxidation sites excluding steroid dienone is 2. The lowest BCUT2D eigenvalue weighted by atomic mass is 10.0. The third-order valence-corrected chi connectivity index (χ3v) is 3.87. The summed E-state index contributed by atoms with van der Waals surface area (Å²) >= 11 is 0. The van der Waals surface area contributed by atoms with Gasteiger partial charge in [-0.25, -0.2) is 5.84 Å². The highest BCUT2D eigenvalue weighted by Gasteiger charge is 2.16. The molecule has 2 N–H and O–H groups in total. The van der Waals surface area contributed by atoms with Gasteiger partial charge >= 0.3 is 0 Å². The van der Waals surface area contributed by atoms with Gasteiger partial charge in [-0.1, -0.05) is 48.5 Å². The molecule has 0 spiro atoms. The van der Waals surface area contributed by atoms with Crippen LogP contribution in [-0.2, 0) is 11.4 Å². The molecule has 0 amide bonds. The van der Waals surface area contributed by atoms with Crippen LogP contribution in [0.5, 0.6) is 0 Å². The maximum absolute atomic E-state index is 6.08. The molecule has 0 fully saturated rings. The number of likely N-dealkylation sites (N-methyl/N-ethyl adjacent to an activating group) is 1. The van der Waals surface area contributed by atoms with Gasteiger partial charge in [0.2, 0.25) is 0 Å². The van der Waals surface area contributed by atoms with Gasteiger partial charge < -0.3 is 9.85 Å². The van der Waals surface area contributed by atoms with E-state index in [4.69, 9.17) is 10.7 Å². The standard InChI is InChI=1S/C20H26N4O/c1-5-15(2)20(24(4)21)19(17-11-7-6-8-12-17)23-25-14-18-13-9-10-16(3)22-18/h6-13H,5,14,21H2,1-4H3/b20-15+,23-19-. The summed E-state index contributed by atoms with van der Waals surface area (Å²) < 4.78 is 0. The number of hydrazine groups is 1. The van der Waals surface area contributed by atoms with E-state index in [1.165, 1.54) is 0 Å². The Kier molecular flexibility index (Phi) is 6.71. The summed E-state index contributed by atoms with van der Waals surface area (Å²) in [5.41, 5.74) is 5.49. The number of aromatic nitrogens is 1. The number of pyridine rings is 1. The monoisotopic (exact) mass is 338 g/mol. The van der Waals surface area contributed by atoms with Gasteiger partial charge in [0.25, 0.3) is 0 Å². The minimum Gasteiger partial charge on any atom is -0.389 e. The zero-order chi connectivity index (χ0) is 18.2. The van der Waals surface area contributed by atoms with Gasteiger partial charge in [0.15, 0.2) is 6.61 Å². The number of nitrogens with zero attached hydrogens (tertiary/aromatic N) is 3. The van der Waals surface area contributed by atoms with E-state index in [1.807, 2.05) is 62.5 Å². The summed E-state index contributed by atoms with van der Waals surface area (Å²) in [6, 6.07) is 15.8. The van der Waals surface area contributed by atoms with Crippen LogP contribution in [0.15, 0.2) is 65.0 Å². The predicted octanol–water partition coefficient (Wildman–Crippen LogP) is 3.80. The molecule has 0 saturated carbocycles. The van der Waals surface area contributed by atoms with Crippen molar-refractivity contribution in [2.24, 2.45) is 11.0 Å². The Bertz CT molecular complexity index is 751. The molecule has 0 aliphatic carbocycles. The van der Waals surface area contributed by atoms with E-state index in [0.717, 1.165) is 40.4 Å². The maximum Gasteiger partial charge on any atom is 0.159 e. The predicted molar refractivity (Wildman–Crippen MR) is 102 cm³/mol. The Morgan fingerprint density at radius 3 is 2.48 bits per heavy atom. The van der Waals surface area contributed by atoms with Gasteiger partial charge in [-0.05, 0) is 38.0 Å². The summed E-state index contributed by atoms with van der Waals surface area (Å²) in [6.45, 7) is 6.42. The molecule has 132 valence electrons. The maximum atomic E-state index is 6.08. The van der Waals surface area contributed by atoms with Crippen LogP contribution in [0.2, 0.25) is 0 Å². The zero-order valence-electron chi connectivity index (χ0n) is 15.4. The van der Waals surface area contributed by atoms with Crippen LogP contribution in [0.3, 0.4) is 0 Å². The van der Waals surface area contributed by atoms with Crippen LogP contribution in [0, 0.1) is 6.92 Å². The van der Waals surface area contributed by atoms with Crippen LogP contribution in [0.4, 0.5) is 0 Å². The molecule has 0 aliphatic rings. The Morgan fingerprint density at radius 1 is 1.16 bits per heavy atom. The first-order valence-electron chi connectivity index (χ1n) is 8.39. The highest BCUT2D eigenvalue weighted by atomic mass is 16.6. The number of aryl methyl sites for hydroxylation is 1. The van der Waals surface area contributed by atoms with Crippen molar-refractivity contribution in [1.29, 1.82) is 0 Å². The summed E-state index contributed by atoms with van der Waals surface area (Å²) in [4.78, 5) is 10.1. The molecule has 0 atom stereocenters. The van der Waals surface area contributed by atoms with E-state index in [-0.39, 0.29) is 0 Å². The summed E-state index contributed by atoms with van der Waals surface area (Å²) in [5, 5.41) is 6.00. The van der Waals surface area contributed by atoms with E-state index < -0.39 is 0 Å². The van der Waals surface area contributed by atoms with Crippen LogP contribution in [0.25, 0.3) is 0 Å². The number of hydrogen-bond donors (Lipinski definition) is 1. The van der Waals surface area contributed by atoms with Crippen LogP contribution < -0.4 is 5.84 Å². The first-order chi connectivity index (χ1) is 12.0. The normalized spacial score (nSPS) is 12.6. The molecule has 1 aromatic heterocycles. The average Bonchev–Trinajstić information content (AvgIpc) is 2.61. The van der Waals surface area contributed by atoms with E-state index >= 15 is 0 Å². The van der Waals surface area contributed by atoms with Gasteiger partial charge in [-0.2, -0.15) is 0 Å². The summed E-state index contributed by atoms with van der Waals surface area (Å²) in [7, 11) is 1.81. The molecule has 0 saturated heterocycles. The van der Waals surface area contributed by atoms with Gasteiger partial charge in [-0.3, -0.25) is 4.98 Å². The van der Waals surface area contributed by atoms with Crippen LogP contribution in [-0.4, -0.2) is 22.8 Å². The van der Waals surface area contributed by atoms with Crippen molar-refractivity contribution < 1.29 is 4.84 Å². The number of hydrogen-bond acceptors (Lipinski definition) is 5. The lowest BCUT2D eigenvalue weighted by Gasteiger charge is -2.21. The van der Waals surface area contributed by atoms with Crippen molar-refractivity contribution in [3.05, 3.63) is 76.8 Å². The molecule has 0 unspecified atom stereocenters. The van der Waals surface area contributed by atoms with Gasteiger partial charge in [0.1, 0.15) is 5.71 Å². The van der Waals surface area contributed by atoms with Crippen molar-refractivity contribution in [3.8, 4) is 0 Å². The van der Waals surface area contributed by atoms with Gasteiger partial charge in [-0.15, -0.1) is 0 Å². The molecule has 0 aliphatic heterocycles. The topological polar surface area (TPSA) is 63.7 Å². The lowest BCUT2D eigenvalue weighted by Crippen LogP contribution is -2.31. The molecule has 2 aromatic rings. The number of nitrogens with two attached hydrogens (primary N) is 1. The number of oxime groups is 1. The Hall–Kier alpha value is -2.66. The first kappa shape index (κ1) is 18.7. The van der Waals surface area contributed by atoms with Crippen molar-refractivity contribution in [1.82, 2.24) is 9.99 Å². The van der Waals surface area contributed by atoms with Crippen molar-refractivity contribution in [3.63, 3.8) is 0 Å². The SMILES string of the molecule is CC/C(C)=C(\C(=N/OCc1cccc(C)n1)c1ccccc1)N(C)N.